The van der Waals surface area contributed by atoms with Crippen molar-refractivity contribution in [1.82, 2.24) is 10.6 Å². The highest BCUT2D eigenvalue weighted by molar-refractivity contribution is 5.97. The van der Waals surface area contributed by atoms with Crippen molar-refractivity contribution in [2.75, 3.05) is 6.54 Å². The van der Waals surface area contributed by atoms with E-state index in [9.17, 15) is 14.4 Å². The molecule has 0 spiro atoms. The quantitative estimate of drug-likeness (QED) is 0.0892. The van der Waals surface area contributed by atoms with Gasteiger partial charge in [0.2, 0.25) is 5.91 Å². The lowest BCUT2D eigenvalue weighted by atomic mass is 10.0. The second-order valence-electron chi connectivity index (χ2n) is 11.7. The monoisotopic (exact) mass is 592 g/mol. The van der Waals surface area contributed by atoms with Crippen LogP contribution in [0.5, 0.6) is 0 Å². The summed E-state index contributed by atoms with van der Waals surface area (Å²) in [5.41, 5.74) is 1.38. The van der Waals surface area contributed by atoms with Gasteiger partial charge in [-0.2, -0.15) is 0 Å². The Morgan fingerprint density at radius 2 is 1.14 bits per heavy atom. The zero-order valence-corrected chi connectivity index (χ0v) is 26.6. The van der Waals surface area contributed by atoms with E-state index in [0.717, 1.165) is 18.4 Å². The summed E-state index contributed by atoms with van der Waals surface area (Å²) in [6, 6.07) is 17.5. The molecule has 2 aromatic rings. The van der Waals surface area contributed by atoms with E-state index < -0.39 is 12.0 Å². The van der Waals surface area contributed by atoms with Gasteiger partial charge in [0.1, 0.15) is 12.6 Å². The number of unbranched alkanes of at least 4 members (excludes halogenated alkanes) is 15. The van der Waals surface area contributed by atoms with Gasteiger partial charge in [-0.25, -0.2) is 0 Å². The van der Waals surface area contributed by atoms with Gasteiger partial charge in [-0.1, -0.05) is 152 Å². The molecule has 0 aliphatic rings. The van der Waals surface area contributed by atoms with Gasteiger partial charge in [-0.15, -0.1) is 0 Å². The molecule has 43 heavy (non-hydrogen) atoms. The zero-order chi connectivity index (χ0) is 30.8. The molecule has 6 nitrogen and oxygen atoms in total. The first-order valence-electron chi connectivity index (χ1n) is 16.9. The van der Waals surface area contributed by atoms with E-state index in [-0.39, 0.29) is 31.3 Å². The third kappa shape index (κ3) is 18.2. The standard InChI is InChI=1S/C37H56N2O4/c1-2-3-4-5-6-7-8-9-10-11-12-13-14-15-16-23-30-38-37(42)34(39-36(41)33-26-21-18-22-27-33)28-29-35(40)43-31-32-24-19-17-20-25-32/h17-22,24-27,34H,2-16,23,28-31H2,1H3,(H,38,42)(H,39,41). The fourth-order valence-electron chi connectivity index (χ4n) is 5.18. The Labute approximate surface area is 260 Å². The highest BCUT2D eigenvalue weighted by Crippen LogP contribution is 2.14. The van der Waals surface area contributed by atoms with E-state index in [4.69, 9.17) is 4.74 Å². The largest absolute Gasteiger partial charge is 0.461 e. The normalized spacial score (nSPS) is 11.6. The fourth-order valence-corrected chi connectivity index (χ4v) is 5.18. The van der Waals surface area contributed by atoms with Crippen LogP contribution in [0.25, 0.3) is 0 Å². The van der Waals surface area contributed by atoms with Crippen LogP contribution in [0, 0.1) is 0 Å². The van der Waals surface area contributed by atoms with Crippen LogP contribution in [0.4, 0.5) is 0 Å². The van der Waals surface area contributed by atoms with Crippen LogP contribution in [0.1, 0.15) is 138 Å². The Morgan fingerprint density at radius 3 is 1.67 bits per heavy atom. The maximum absolute atomic E-state index is 13.0. The molecule has 2 amide bonds. The molecule has 0 saturated carbocycles. The smallest absolute Gasteiger partial charge is 0.306 e. The van der Waals surface area contributed by atoms with Gasteiger partial charge in [0.25, 0.3) is 5.91 Å². The van der Waals surface area contributed by atoms with Crippen molar-refractivity contribution in [1.29, 1.82) is 0 Å². The van der Waals surface area contributed by atoms with Gasteiger partial charge in [-0.05, 0) is 30.5 Å². The average molecular weight is 593 g/mol. The van der Waals surface area contributed by atoms with Crippen molar-refractivity contribution in [3.05, 3.63) is 71.8 Å². The summed E-state index contributed by atoms with van der Waals surface area (Å²) in [5.74, 6) is -0.990. The Balaban J connectivity index is 1.59. The van der Waals surface area contributed by atoms with E-state index in [1.54, 1.807) is 24.3 Å². The molecule has 0 aliphatic carbocycles. The Hall–Kier alpha value is -3.15. The maximum atomic E-state index is 13.0. The van der Waals surface area contributed by atoms with Crippen LogP contribution < -0.4 is 10.6 Å². The molecule has 0 aliphatic heterocycles. The van der Waals surface area contributed by atoms with Crippen LogP contribution >= 0.6 is 0 Å². The van der Waals surface area contributed by atoms with Gasteiger partial charge in [0.05, 0.1) is 0 Å². The minimum absolute atomic E-state index is 0.0407. The number of benzene rings is 2. The van der Waals surface area contributed by atoms with Gasteiger partial charge >= 0.3 is 5.97 Å². The molecule has 2 rings (SSSR count). The lowest BCUT2D eigenvalue weighted by Gasteiger charge is -2.18. The van der Waals surface area contributed by atoms with Crippen LogP contribution in [-0.4, -0.2) is 30.4 Å². The molecule has 1 unspecified atom stereocenters. The van der Waals surface area contributed by atoms with Gasteiger partial charge < -0.3 is 15.4 Å². The molecule has 2 aromatic carbocycles. The van der Waals surface area contributed by atoms with Crippen LogP contribution in [0.15, 0.2) is 60.7 Å². The lowest BCUT2D eigenvalue weighted by Crippen LogP contribution is -2.47. The van der Waals surface area contributed by atoms with Crippen LogP contribution in [-0.2, 0) is 20.9 Å². The molecule has 238 valence electrons. The minimum atomic E-state index is -0.807. The first kappa shape index (κ1) is 36.0. The summed E-state index contributed by atoms with van der Waals surface area (Å²) in [7, 11) is 0. The Bertz CT molecular complexity index is 996. The molecular weight excluding hydrogens is 536 g/mol. The summed E-state index contributed by atoms with van der Waals surface area (Å²) in [5, 5.41) is 5.78. The van der Waals surface area contributed by atoms with Gasteiger partial charge in [-0.3, -0.25) is 14.4 Å². The number of rotatable bonds is 25. The van der Waals surface area contributed by atoms with Crippen molar-refractivity contribution in [2.24, 2.45) is 0 Å². The number of ether oxygens (including phenoxy) is 1. The molecule has 1 atom stereocenters. The molecule has 0 radical (unpaired) electrons. The molecule has 0 bridgehead atoms. The maximum Gasteiger partial charge on any atom is 0.306 e. The predicted octanol–water partition coefficient (Wildman–Crippen LogP) is 8.69. The SMILES string of the molecule is CCCCCCCCCCCCCCCCCCNC(=O)C(CCC(=O)OCc1ccccc1)NC(=O)c1ccccc1. The Morgan fingerprint density at radius 1 is 0.651 bits per heavy atom. The Kier molecular flexibility index (Phi) is 20.4. The highest BCUT2D eigenvalue weighted by Gasteiger charge is 2.22. The molecule has 0 saturated heterocycles. The fraction of sp³-hybridized carbons (Fsp3) is 0.595. The number of carbonyl (C=O) groups excluding carboxylic acids is 3. The summed E-state index contributed by atoms with van der Waals surface area (Å²) in [6.07, 6.45) is 21.1. The first-order valence-corrected chi connectivity index (χ1v) is 16.9. The second-order valence-corrected chi connectivity index (χ2v) is 11.7. The second kappa shape index (κ2) is 24.3. The van der Waals surface area contributed by atoms with Crippen molar-refractivity contribution in [2.45, 2.75) is 135 Å². The molecule has 2 N–H and O–H groups in total. The van der Waals surface area contributed by atoms with Crippen LogP contribution in [0.2, 0.25) is 0 Å². The topological polar surface area (TPSA) is 84.5 Å². The molecule has 0 heterocycles. The van der Waals surface area contributed by atoms with Gasteiger partial charge in [0.15, 0.2) is 0 Å². The summed E-state index contributed by atoms with van der Waals surface area (Å²) >= 11 is 0. The van der Waals surface area contributed by atoms with Crippen molar-refractivity contribution in [3.8, 4) is 0 Å². The number of hydrogen-bond acceptors (Lipinski definition) is 4. The van der Waals surface area contributed by atoms with E-state index in [1.165, 1.54) is 89.9 Å². The molecule has 0 fully saturated rings. The minimum Gasteiger partial charge on any atom is -0.461 e. The molecule has 6 heteroatoms. The highest BCUT2D eigenvalue weighted by atomic mass is 16.5. The van der Waals surface area contributed by atoms with Crippen LogP contribution in [0.3, 0.4) is 0 Å². The number of esters is 1. The summed E-state index contributed by atoms with van der Waals surface area (Å²) < 4.78 is 5.36. The summed E-state index contributed by atoms with van der Waals surface area (Å²) in [6.45, 7) is 3.02. The zero-order valence-electron chi connectivity index (χ0n) is 26.6. The van der Waals surface area contributed by atoms with Crippen molar-refractivity contribution in [3.63, 3.8) is 0 Å². The lowest BCUT2D eigenvalue weighted by molar-refractivity contribution is -0.145. The number of amides is 2. The number of hydrogen-bond donors (Lipinski definition) is 2. The summed E-state index contributed by atoms with van der Waals surface area (Å²) in [4.78, 5) is 38.1. The molecular formula is C37H56N2O4. The van der Waals surface area contributed by atoms with Crippen molar-refractivity contribution < 1.29 is 19.1 Å². The van der Waals surface area contributed by atoms with E-state index in [2.05, 4.69) is 17.6 Å². The molecule has 0 aromatic heterocycles. The third-order valence-electron chi connectivity index (χ3n) is 7.87. The average Bonchev–Trinajstić information content (AvgIpc) is 3.04. The van der Waals surface area contributed by atoms with Gasteiger partial charge in [0, 0.05) is 18.5 Å². The number of carbonyl (C=O) groups is 3. The predicted molar refractivity (Wildman–Crippen MR) is 176 cm³/mol. The van der Waals surface area contributed by atoms with E-state index >= 15 is 0 Å². The third-order valence-corrected chi connectivity index (χ3v) is 7.87. The van der Waals surface area contributed by atoms with Crippen molar-refractivity contribution >= 4 is 17.8 Å². The van der Waals surface area contributed by atoms with E-state index in [0.29, 0.717) is 12.1 Å². The first-order chi connectivity index (χ1) is 21.1. The van der Waals surface area contributed by atoms with E-state index in [1.807, 2.05) is 36.4 Å². The number of nitrogens with one attached hydrogen (secondary N) is 2.